The smallest absolute Gasteiger partial charge is 0.324 e. The number of hydrogen-bond donors (Lipinski definition) is 1. The number of aryl methyl sites for hydroxylation is 3. The van der Waals surface area contributed by atoms with Gasteiger partial charge in [-0.2, -0.15) is 0 Å². The van der Waals surface area contributed by atoms with E-state index in [1.165, 1.54) is 6.42 Å². The molecule has 0 radical (unpaired) electrons. The van der Waals surface area contributed by atoms with E-state index in [9.17, 15) is 9.00 Å². The highest BCUT2D eigenvalue weighted by atomic mass is 32.2. The van der Waals surface area contributed by atoms with Gasteiger partial charge < -0.3 is 4.74 Å². The normalized spacial score (nSPS) is 18.2. The van der Waals surface area contributed by atoms with Crippen molar-refractivity contribution >= 4 is 17.0 Å². The maximum absolute atomic E-state index is 13.0. The molecule has 2 atom stereocenters. The summed E-state index contributed by atoms with van der Waals surface area (Å²) in [5.41, 5.74) is 3.13. The number of ether oxygens (including phenoxy) is 1. The van der Waals surface area contributed by atoms with E-state index in [0.29, 0.717) is 6.61 Å². The van der Waals surface area contributed by atoms with Crippen LogP contribution in [0.2, 0.25) is 0 Å². The molecular weight excluding hydrogens is 322 g/mol. The maximum atomic E-state index is 13.0. The molecule has 0 spiro atoms. The lowest BCUT2D eigenvalue weighted by molar-refractivity contribution is -0.146. The summed E-state index contributed by atoms with van der Waals surface area (Å²) in [6.07, 6.45) is 5.43. The van der Waals surface area contributed by atoms with Gasteiger partial charge >= 0.3 is 5.97 Å². The standard InChI is InChI=1S/C19H29NO3S/c1-5-23-19(21)17(16-9-7-6-8-10-16)20-24(22)18-14(3)11-13(2)12-15(18)4/h11-12,16-17,20H,5-10H2,1-4H3/t17-,24+/m1/s1. The van der Waals surface area contributed by atoms with E-state index >= 15 is 0 Å². The summed E-state index contributed by atoms with van der Waals surface area (Å²) in [6, 6.07) is 3.57. The lowest BCUT2D eigenvalue weighted by Gasteiger charge is -2.29. The molecule has 1 aliphatic rings. The number of benzene rings is 1. The van der Waals surface area contributed by atoms with E-state index in [-0.39, 0.29) is 11.9 Å². The number of carbonyl (C=O) groups is 1. The molecular formula is C19H29NO3S. The number of rotatable bonds is 6. The van der Waals surface area contributed by atoms with Crippen molar-refractivity contribution in [1.29, 1.82) is 0 Å². The Kier molecular flexibility index (Phi) is 6.99. The maximum Gasteiger partial charge on any atom is 0.324 e. The Balaban J connectivity index is 2.22. The monoisotopic (exact) mass is 351 g/mol. The zero-order valence-corrected chi connectivity index (χ0v) is 16.0. The Labute approximate surface area is 148 Å². The molecule has 0 aliphatic heterocycles. The molecule has 0 unspecified atom stereocenters. The molecule has 5 heteroatoms. The summed E-state index contributed by atoms with van der Waals surface area (Å²) >= 11 is 0. The number of nitrogens with one attached hydrogen (secondary N) is 1. The van der Waals surface area contributed by atoms with Crippen molar-refractivity contribution in [2.75, 3.05) is 6.61 Å². The average Bonchev–Trinajstić information content (AvgIpc) is 2.52. The first-order valence-electron chi connectivity index (χ1n) is 8.86. The van der Waals surface area contributed by atoms with Crippen molar-refractivity contribution in [2.24, 2.45) is 5.92 Å². The molecule has 0 heterocycles. The first-order chi connectivity index (χ1) is 11.4. The van der Waals surface area contributed by atoms with Crippen LogP contribution in [0.4, 0.5) is 0 Å². The van der Waals surface area contributed by atoms with E-state index < -0.39 is 17.0 Å². The highest BCUT2D eigenvalue weighted by Gasteiger charge is 2.32. The Hall–Kier alpha value is -1.20. The Morgan fingerprint density at radius 1 is 1.21 bits per heavy atom. The molecule has 1 aromatic carbocycles. The van der Waals surface area contributed by atoms with E-state index in [0.717, 1.165) is 47.3 Å². The van der Waals surface area contributed by atoms with Gasteiger partial charge in [-0.25, -0.2) is 8.93 Å². The first kappa shape index (κ1) is 19.1. The van der Waals surface area contributed by atoms with E-state index in [2.05, 4.69) is 4.72 Å². The van der Waals surface area contributed by atoms with Crippen LogP contribution in [0.1, 0.15) is 55.7 Å². The van der Waals surface area contributed by atoms with Crippen LogP contribution in [0.5, 0.6) is 0 Å². The minimum Gasteiger partial charge on any atom is -0.465 e. The summed E-state index contributed by atoms with van der Waals surface area (Å²) in [7, 11) is -1.42. The Bertz CT molecular complexity index is 586. The molecule has 1 aliphatic carbocycles. The zero-order valence-electron chi connectivity index (χ0n) is 15.2. The summed E-state index contributed by atoms with van der Waals surface area (Å²) in [5.74, 6) is -0.0759. The second-order valence-electron chi connectivity index (χ2n) is 6.74. The molecule has 4 nitrogen and oxygen atoms in total. The van der Waals surface area contributed by atoms with E-state index in [1.54, 1.807) is 6.92 Å². The van der Waals surface area contributed by atoms with Gasteiger partial charge in [0.2, 0.25) is 0 Å². The molecule has 0 amide bonds. The van der Waals surface area contributed by atoms with Crippen molar-refractivity contribution in [2.45, 2.75) is 70.7 Å². The van der Waals surface area contributed by atoms with Gasteiger partial charge in [-0.15, -0.1) is 0 Å². The van der Waals surface area contributed by atoms with Gasteiger partial charge in [-0.3, -0.25) is 4.79 Å². The second kappa shape index (κ2) is 8.77. The van der Waals surface area contributed by atoms with Crippen LogP contribution in [0.25, 0.3) is 0 Å². The lowest BCUT2D eigenvalue weighted by atomic mass is 9.84. The topological polar surface area (TPSA) is 55.4 Å². The largest absolute Gasteiger partial charge is 0.465 e. The van der Waals surface area contributed by atoms with Gasteiger partial charge in [0.15, 0.2) is 0 Å². The van der Waals surface area contributed by atoms with Crippen LogP contribution in [-0.2, 0) is 20.5 Å². The van der Waals surface area contributed by atoms with Crippen LogP contribution in [0, 0.1) is 26.7 Å². The molecule has 2 rings (SSSR count). The van der Waals surface area contributed by atoms with Gasteiger partial charge in [0.25, 0.3) is 0 Å². The fourth-order valence-electron chi connectivity index (χ4n) is 3.67. The minimum atomic E-state index is -1.42. The first-order valence-corrected chi connectivity index (χ1v) is 10.0. The van der Waals surface area contributed by atoms with Crippen LogP contribution >= 0.6 is 0 Å². The molecule has 0 saturated heterocycles. The summed E-state index contributed by atoms with van der Waals surface area (Å²) in [5, 5.41) is 0. The van der Waals surface area contributed by atoms with Crippen molar-refractivity contribution < 1.29 is 13.7 Å². The molecule has 1 N–H and O–H groups in total. The van der Waals surface area contributed by atoms with Crippen LogP contribution in [0.15, 0.2) is 17.0 Å². The number of carbonyl (C=O) groups excluding carboxylic acids is 1. The predicted molar refractivity (Wildman–Crippen MR) is 97.2 cm³/mol. The van der Waals surface area contributed by atoms with Crippen LogP contribution in [0.3, 0.4) is 0 Å². The SMILES string of the molecule is CCOC(=O)[C@H](N[S@@](=O)c1c(C)cc(C)cc1C)C1CCCCC1. The molecule has 1 aromatic rings. The van der Waals surface area contributed by atoms with E-state index in [1.807, 2.05) is 32.9 Å². The van der Waals surface area contributed by atoms with Gasteiger partial charge in [0, 0.05) is 0 Å². The predicted octanol–water partition coefficient (Wildman–Crippen LogP) is 3.74. The van der Waals surface area contributed by atoms with Crippen molar-refractivity contribution in [1.82, 2.24) is 4.72 Å². The van der Waals surface area contributed by atoms with Crippen LogP contribution in [-0.4, -0.2) is 22.8 Å². The second-order valence-corrected chi connectivity index (χ2v) is 7.92. The molecule has 1 fully saturated rings. The highest BCUT2D eigenvalue weighted by molar-refractivity contribution is 7.83. The lowest BCUT2D eigenvalue weighted by Crippen LogP contribution is -2.45. The third kappa shape index (κ3) is 4.67. The summed E-state index contributed by atoms with van der Waals surface area (Å²) in [6.45, 7) is 8.12. The zero-order chi connectivity index (χ0) is 17.7. The molecule has 134 valence electrons. The Morgan fingerprint density at radius 3 is 2.33 bits per heavy atom. The third-order valence-electron chi connectivity index (χ3n) is 4.69. The summed E-state index contributed by atoms with van der Waals surface area (Å²) in [4.78, 5) is 13.2. The van der Waals surface area contributed by atoms with Gasteiger partial charge in [0.05, 0.1) is 11.5 Å². The summed E-state index contributed by atoms with van der Waals surface area (Å²) < 4.78 is 21.3. The van der Waals surface area contributed by atoms with Gasteiger partial charge in [0.1, 0.15) is 17.0 Å². The average molecular weight is 352 g/mol. The fourth-order valence-corrected chi connectivity index (χ4v) is 5.01. The minimum absolute atomic E-state index is 0.202. The van der Waals surface area contributed by atoms with Gasteiger partial charge in [-0.05, 0) is 57.6 Å². The van der Waals surface area contributed by atoms with Gasteiger partial charge in [-0.1, -0.05) is 37.0 Å². The number of hydrogen-bond acceptors (Lipinski definition) is 3. The number of esters is 1. The fraction of sp³-hybridized carbons (Fsp3) is 0.632. The third-order valence-corrected chi connectivity index (χ3v) is 6.17. The van der Waals surface area contributed by atoms with Crippen LogP contribution < -0.4 is 4.72 Å². The van der Waals surface area contributed by atoms with Crippen molar-refractivity contribution in [3.63, 3.8) is 0 Å². The molecule has 0 bridgehead atoms. The van der Waals surface area contributed by atoms with Crippen molar-refractivity contribution in [3.05, 3.63) is 28.8 Å². The molecule has 0 aromatic heterocycles. The van der Waals surface area contributed by atoms with E-state index in [4.69, 9.17) is 4.74 Å². The van der Waals surface area contributed by atoms with Crippen molar-refractivity contribution in [3.8, 4) is 0 Å². The molecule has 1 saturated carbocycles. The highest BCUT2D eigenvalue weighted by Crippen LogP contribution is 2.28. The molecule has 24 heavy (non-hydrogen) atoms. The quantitative estimate of drug-likeness (QED) is 0.795. The Morgan fingerprint density at radius 2 is 1.79 bits per heavy atom.